The van der Waals surface area contributed by atoms with Crippen molar-refractivity contribution in [3.05, 3.63) is 29.8 Å². The van der Waals surface area contributed by atoms with Crippen LogP contribution in [0.1, 0.15) is 32.5 Å². The second-order valence-electron chi connectivity index (χ2n) is 5.42. The van der Waals surface area contributed by atoms with Crippen LogP contribution in [-0.4, -0.2) is 29.9 Å². The fraction of sp³-hybridized carbons (Fsp3) is 0.583. The third-order valence-corrected chi connectivity index (χ3v) is 5.74. The van der Waals surface area contributed by atoms with E-state index in [2.05, 4.69) is 10.3 Å². The minimum Gasteiger partial charge on any atom is -0.302 e. The van der Waals surface area contributed by atoms with Gasteiger partial charge in [-0.15, -0.1) is 0 Å². The van der Waals surface area contributed by atoms with Crippen LogP contribution in [0.15, 0.2) is 18.3 Å². The summed E-state index contributed by atoms with van der Waals surface area (Å²) in [6.45, 7) is 5.34. The van der Waals surface area contributed by atoms with E-state index in [1.165, 1.54) is 12.1 Å². The summed E-state index contributed by atoms with van der Waals surface area (Å²) in [5.74, 6) is -0.330. The summed E-state index contributed by atoms with van der Waals surface area (Å²) in [7, 11) is -3.17. The van der Waals surface area contributed by atoms with Crippen molar-refractivity contribution in [1.82, 2.24) is 10.3 Å². The quantitative estimate of drug-likeness (QED) is 0.840. The molecule has 6 heteroatoms. The van der Waals surface area contributed by atoms with Crippen molar-refractivity contribution in [2.45, 2.75) is 37.6 Å². The van der Waals surface area contributed by atoms with Crippen LogP contribution in [0.5, 0.6) is 0 Å². The molecule has 0 radical (unpaired) electrons. The maximum atomic E-state index is 12.9. The van der Waals surface area contributed by atoms with Crippen LogP contribution in [-0.2, 0) is 9.84 Å². The molecular formula is C12H17FN2O2S. The second kappa shape index (κ2) is 4.28. The molecule has 0 amide bonds. The zero-order valence-corrected chi connectivity index (χ0v) is 11.5. The van der Waals surface area contributed by atoms with E-state index in [4.69, 9.17) is 0 Å². The molecule has 2 rings (SSSR count). The summed E-state index contributed by atoms with van der Waals surface area (Å²) in [5.41, 5.74) is 0.0479. The molecule has 0 spiro atoms. The Labute approximate surface area is 107 Å². The largest absolute Gasteiger partial charge is 0.302 e. The van der Waals surface area contributed by atoms with E-state index in [9.17, 15) is 12.8 Å². The molecule has 1 aromatic heterocycles. The summed E-state index contributed by atoms with van der Waals surface area (Å²) in [6.07, 6.45) is 1.11. The number of halogens is 1. The number of nitrogens with zero attached hydrogens (tertiary/aromatic N) is 1. The molecule has 2 unspecified atom stereocenters. The molecule has 2 atom stereocenters. The summed E-state index contributed by atoms with van der Waals surface area (Å²) in [6, 6.07) is 2.42. The van der Waals surface area contributed by atoms with Crippen molar-refractivity contribution in [1.29, 1.82) is 0 Å². The lowest BCUT2D eigenvalue weighted by Crippen LogP contribution is -2.57. The van der Waals surface area contributed by atoms with Gasteiger partial charge >= 0.3 is 0 Å². The molecule has 1 fully saturated rings. The van der Waals surface area contributed by atoms with E-state index < -0.39 is 32.5 Å². The lowest BCUT2D eigenvalue weighted by atomic mass is 10.0. The molecular weight excluding hydrogens is 255 g/mol. The first-order valence-electron chi connectivity index (χ1n) is 5.82. The van der Waals surface area contributed by atoms with Gasteiger partial charge in [-0.05, 0) is 32.9 Å². The van der Waals surface area contributed by atoms with Crippen molar-refractivity contribution in [2.75, 3.05) is 5.75 Å². The maximum Gasteiger partial charge on any atom is 0.156 e. The van der Waals surface area contributed by atoms with Gasteiger partial charge in [0.25, 0.3) is 0 Å². The van der Waals surface area contributed by atoms with Crippen molar-refractivity contribution >= 4 is 9.84 Å². The number of hydrogen-bond acceptors (Lipinski definition) is 4. The number of pyridine rings is 1. The molecule has 0 aliphatic carbocycles. The highest BCUT2D eigenvalue weighted by molar-refractivity contribution is 7.92. The average Bonchev–Trinajstić information content (AvgIpc) is 2.23. The van der Waals surface area contributed by atoms with Gasteiger partial charge in [0.2, 0.25) is 0 Å². The van der Waals surface area contributed by atoms with Crippen LogP contribution >= 0.6 is 0 Å². The van der Waals surface area contributed by atoms with Gasteiger partial charge in [-0.3, -0.25) is 4.98 Å². The summed E-state index contributed by atoms with van der Waals surface area (Å²) in [4.78, 5) is 3.98. The van der Waals surface area contributed by atoms with Gasteiger partial charge in [-0.25, -0.2) is 12.8 Å². The first kappa shape index (κ1) is 13.4. The first-order chi connectivity index (χ1) is 8.21. The minimum atomic E-state index is -3.17. The topological polar surface area (TPSA) is 59.1 Å². The van der Waals surface area contributed by atoms with Crippen molar-refractivity contribution < 1.29 is 12.8 Å². The van der Waals surface area contributed by atoms with Crippen LogP contribution in [0, 0.1) is 5.82 Å². The maximum absolute atomic E-state index is 12.9. The molecule has 4 nitrogen and oxygen atoms in total. The monoisotopic (exact) mass is 272 g/mol. The van der Waals surface area contributed by atoms with E-state index in [1.54, 1.807) is 6.92 Å². The van der Waals surface area contributed by atoms with E-state index in [0.717, 1.165) is 6.20 Å². The molecule has 2 heterocycles. The molecule has 100 valence electrons. The lowest BCUT2D eigenvalue weighted by Gasteiger charge is -2.40. The van der Waals surface area contributed by atoms with Crippen molar-refractivity contribution in [3.8, 4) is 0 Å². The number of hydrogen-bond donors (Lipinski definition) is 1. The lowest BCUT2D eigenvalue weighted by molar-refractivity contribution is 0.329. The Morgan fingerprint density at radius 1 is 1.44 bits per heavy atom. The zero-order chi connectivity index (χ0) is 13.6. The molecule has 0 aromatic carbocycles. The average molecular weight is 272 g/mol. The summed E-state index contributed by atoms with van der Waals surface area (Å²) in [5, 5.41) is 2.70. The Hall–Kier alpha value is -1.01. The number of rotatable bonds is 1. The highest BCUT2D eigenvalue weighted by atomic mass is 32.2. The van der Waals surface area contributed by atoms with Crippen LogP contribution in [0.4, 0.5) is 4.39 Å². The van der Waals surface area contributed by atoms with Gasteiger partial charge in [0.15, 0.2) is 9.84 Å². The first-order valence-corrected chi connectivity index (χ1v) is 7.53. The van der Waals surface area contributed by atoms with E-state index in [1.807, 2.05) is 13.8 Å². The Balaban J connectivity index is 2.40. The van der Waals surface area contributed by atoms with Gasteiger partial charge in [0, 0.05) is 5.54 Å². The standard InChI is InChI=1S/C12H17FN2O2S/c1-8-11(10-5-4-9(13)6-14-10)15-12(2,3)7-18(8,16)17/h4-6,8,11,15H,7H2,1-3H3. The fourth-order valence-corrected chi connectivity index (χ4v) is 4.28. The van der Waals surface area contributed by atoms with Crippen molar-refractivity contribution in [2.24, 2.45) is 0 Å². The van der Waals surface area contributed by atoms with Gasteiger partial charge in [0.05, 0.1) is 28.9 Å². The molecule has 1 saturated heterocycles. The zero-order valence-electron chi connectivity index (χ0n) is 10.6. The van der Waals surface area contributed by atoms with E-state index >= 15 is 0 Å². The molecule has 1 aliphatic rings. The fourth-order valence-electron chi connectivity index (χ4n) is 2.31. The number of aromatic nitrogens is 1. The number of nitrogens with one attached hydrogen (secondary N) is 1. The number of sulfone groups is 1. The molecule has 1 aromatic rings. The van der Waals surface area contributed by atoms with E-state index in [0.29, 0.717) is 5.69 Å². The van der Waals surface area contributed by atoms with Crippen LogP contribution in [0.3, 0.4) is 0 Å². The summed E-state index contributed by atoms with van der Waals surface area (Å²) < 4.78 is 37.1. The molecule has 0 saturated carbocycles. The molecule has 1 aliphatic heterocycles. The van der Waals surface area contributed by atoms with Gasteiger partial charge in [-0.2, -0.15) is 0 Å². The predicted octanol–water partition coefficient (Wildman–Crippen LogP) is 1.45. The normalized spacial score (nSPS) is 30.0. The van der Waals surface area contributed by atoms with Crippen LogP contribution in [0.25, 0.3) is 0 Å². The van der Waals surface area contributed by atoms with Gasteiger partial charge < -0.3 is 5.32 Å². The van der Waals surface area contributed by atoms with Crippen LogP contribution in [0.2, 0.25) is 0 Å². The second-order valence-corrected chi connectivity index (χ2v) is 7.78. The van der Waals surface area contributed by atoms with Crippen LogP contribution < -0.4 is 5.32 Å². The van der Waals surface area contributed by atoms with Gasteiger partial charge in [0.1, 0.15) is 5.82 Å². The summed E-state index contributed by atoms with van der Waals surface area (Å²) >= 11 is 0. The smallest absolute Gasteiger partial charge is 0.156 e. The Bertz CT molecular complexity index is 540. The third-order valence-electron chi connectivity index (χ3n) is 3.21. The highest BCUT2D eigenvalue weighted by Crippen LogP contribution is 2.30. The molecule has 0 bridgehead atoms. The SMILES string of the molecule is CC1C(c2ccc(F)cn2)NC(C)(C)CS1(=O)=O. The highest BCUT2D eigenvalue weighted by Gasteiger charge is 2.43. The van der Waals surface area contributed by atoms with Gasteiger partial charge in [-0.1, -0.05) is 0 Å². The Morgan fingerprint density at radius 2 is 2.11 bits per heavy atom. The predicted molar refractivity (Wildman–Crippen MR) is 67.4 cm³/mol. The molecule has 1 N–H and O–H groups in total. The Morgan fingerprint density at radius 3 is 2.67 bits per heavy atom. The van der Waals surface area contributed by atoms with E-state index in [-0.39, 0.29) is 5.75 Å². The minimum absolute atomic E-state index is 0.0961. The molecule has 18 heavy (non-hydrogen) atoms. The third kappa shape index (κ3) is 2.54. The Kier molecular flexibility index (Phi) is 3.19. The van der Waals surface area contributed by atoms with Crippen molar-refractivity contribution in [3.63, 3.8) is 0 Å².